The molecule has 3 amide bonds. The fourth-order valence-corrected chi connectivity index (χ4v) is 5.18. The summed E-state index contributed by atoms with van der Waals surface area (Å²) >= 11 is 0. The lowest BCUT2D eigenvalue weighted by molar-refractivity contribution is 0.0621. The summed E-state index contributed by atoms with van der Waals surface area (Å²) in [5, 5.41) is 19.7. The number of nitrogens with one attached hydrogen (secondary N) is 1. The summed E-state index contributed by atoms with van der Waals surface area (Å²) in [6.07, 6.45) is 7.24. The number of ether oxygens (including phenoxy) is 1. The fraction of sp³-hybridized carbons (Fsp3) is 0.387. The predicted molar refractivity (Wildman–Crippen MR) is 166 cm³/mol. The third kappa shape index (κ3) is 6.48. The van der Waals surface area contributed by atoms with Gasteiger partial charge in [0.15, 0.2) is 5.69 Å². The van der Waals surface area contributed by atoms with Crippen LogP contribution in [0.1, 0.15) is 60.4 Å². The lowest BCUT2D eigenvalue weighted by atomic mass is 10.1. The van der Waals surface area contributed by atoms with Crippen LogP contribution in [0.4, 0.5) is 0 Å². The SMILES string of the molecule is COc1ccccc1-c1cn(C)c(CCNC(=O)c2c(C(=O)N3CCC3)cnn2C)n1.Cn1ncc(C(=O)N2CCC2)c1C(=O)O. The largest absolute Gasteiger partial charge is 0.496 e. The lowest BCUT2D eigenvalue weighted by Gasteiger charge is -2.30. The van der Waals surface area contributed by atoms with E-state index in [-0.39, 0.29) is 34.7 Å². The van der Waals surface area contributed by atoms with Crippen molar-refractivity contribution >= 4 is 23.7 Å². The third-order valence-corrected chi connectivity index (χ3v) is 8.03. The molecule has 2 aliphatic rings. The van der Waals surface area contributed by atoms with Crippen LogP contribution in [0.2, 0.25) is 0 Å². The molecule has 4 aromatic rings. The molecule has 0 saturated carbocycles. The van der Waals surface area contributed by atoms with Crippen molar-refractivity contribution < 1.29 is 29.0 Å². The standard InChI is InChI=1S/C22H26N6O3.C9H11N3O3/c1-26-14-17(15-7-4-5-8-18(15)31-3)25-19(26)9-10-23-21(29)20-16(13-24-27(20)2)22(30)28-11-6-12-28;1-11-7(9(14)15)6(5-10-11)8(13)12-3-2-4-12/h4-5,7-8,13-14H,6,9-12H2,1-3H3,(H,23,29);5H,2-4H2,1H3,(H,14,15). The van der Waals surface area contributed by atoms with Crippen LogP contribution in [0.25, 0.3) is 11.3 Å². The van der Waals surface area contributed by atoms with Crippen molar-refractivity contribution in [2.75, 3.05) is 39.8 Å². The molecule has 5 heterocycles. The van der Waals surface area contributed by atoms with Gasteiger partial charge in [-0.25, -0.2) is 9.78 Å². The molecule has 3 aromatic heterocycles. The topological polar surface area (TPSA) is 170 Å². The highest BCUT2D eigenvalue weighted by atomic mass is 16.5. The highest BCUT2D eigenvalue weighted by Gasteiger charge is 2.29. The Morgan fingerprint density at radius 2 is 1.43 bits per heavy atom. The summed E-state index contributed by atoms with van der Waals surface area (Å²) in [5.41, 5.74) is 2.48. The van der Waals surface area contributed by atoms with E-state index in [0.717, 1.165) is 48.8 Å². The van der Waals surface area contributed by atoms with Crippen molar-refractivity contribution in [1.82, 2.24) is 44.2 Å². The molecular weight excluding hydrogens is 594 g/mol. The number of benzene rings is 1. The van der Waals surface area contributed by atoms with E-state index in [0.29, 0.717) is 31.6 Å². The van der Waals surface area contributed by atoms with Gasteiger partial charge in [0.1, 0.15) is 17.3 Å². The Bertz CT molecular complexity index is 1760. The molecule has 1 aromatic carbocycles. The Morgan fingerprint density at radius 1 is 0.870 bits per heavy atom. The van der Waals surface area contributed by atoms with E-state index in [1.54, 1.807) is 24.0 Å². The number of likely N-dealkylation sites (tertiary alicyclic amines) is 2. The Balaban J connectivity index is 0.000000232. The predicted octanol–water partition coefficient (Wildman–Crippen LogP) is 1.61. The summed E-state index contributed by atoms with van der Waals surface area (Å²) < 4.78 is 10.0. The zero-order valence-electron chi connectivity index (χ0n) is 26.3. The summed E-state index contributed by atoms with van der Waals surface area (Å²) in [6, 6.07) is 7.73. The second kappa shape index (κ2) is 13.7. The van der Waals surface area contributed by atoms with Crippen LogP contribution >= 0.6 is 0 Å². The first-order valence-electron chi connectivity index (χ1n) is 14.9. The van der Waals surface area contributed by atoms with E-state index in [9.17, 15) is 19.2 Å². The van der Waals surface area contributed by atoms with Crippen LogP contribution in [-0.4, -0.2) is 108 Å². The number of para-hydroxylation sites is 1. The van der Waals surface area contributed by atoms with Gasteiger partial charge in [0.2, 0.25) is 0 Å². The van der Waals surface area contributed by atoms with Crippen molar-refractivity contribution in [2.45, 2.75) is 19.3 Å². The summed E-state index contributed by atoms with van der Waals surface area (Å²) in [5.74, 6) is -0.233. The number of carboxylic acid groups (broad SMARTS) is 1. The molecule has 242 valence electrons. The highest BCUT2D eigenvalue weighted by molar-refractivity contribution is 6.06. The summed E-state index contributed by atoms with van der Waals surface area (Å²) in [7, 11) is 6.74. The van der Waals surface area contributed by atoms with E-state index in [4.69, 9.17) is 14.8 Å². The maximum Gasteiger partial charge on any atom is 0.354 e. The van der Waals surface area contributed by atoms with Crippen molar-refractivity contribution in [3.05, 3.63) is 71.2 Å². The van der Waals surface area contributed by atoms with E-state index in [2.05, 4.69) is 15.5 Å². The number of carbonyl (C=O) groups is 4. The molecule has 2 fully saturated rings. The number of imidazole rings is 1. The summed E-state index contributed by atoms with van der Waals surface area (Å²) in [4.78, 5) is 56.1. The van der Waals surface area contributed by atoms with Crippen molar-refractivity contribution in [1.29, 1.82) is 0 Å². The van der Waals surface area contributed by atoms with Gasteiger partial charge < -0.3 is 29.5 Å². The van der Waals surface area contributed by atoms with E-state index in [1.165, 1.54) is 28.8 Å². The molecule has 2 N–H and O–H groups in total. The van der Waals surface area contributed by atoms with E-state index >= 15 is 0 Å². The summed E-state index contributed by atoms with van der Waals surface area (Å²) in [6.45, 7) is 3.24. The van der Waals surface area contributed by atoms with Gasteiger partial charge in [0.25, 0.3) is 17.7 Å². The Kier molecular flexibility index (Phi) is 9.49. The zero-order chi connectivity index (χ0) is 33.0. The minimum Gasteiger partial charge on any atom is -0.496 e. The molecule has 0 spiro atoms. The number of aryl methyl sites for hydroxylation is 3. The third-order valence-electron chi connectivity index (χ3n) is 8.03. The Morgan fingerprint density at radius 3 is 1.98 bits per heavy atom. The normalized spacial score (nSPS) is 13.7. The monoisotopic (exact) mass is 631 g/mol. The van der Waals surface area contributed by atoms with Crippen LogP contribution in [-0.2, 0) is 27.6 Å². The second-order valence-corrected chi connectivity index (χ2v) is 11.0. The second-order valence-electron chi connectivity index (χ2n) is 11.0. The number of hydrogen-bond donors (Lipinski definition) is 2. The highest BCUT2D eigenvalue weighted by Crippen LogP contribution is 2.28. The first-order chi connectivity index (χ1) is 22.1. The van der Waals surface area contributed by atoms with Gasteiger partial charge >= 0.3 is 5.97 Å². The number of hydrogen-bond acceptors (Lipinski definition) is 8. The zero-order valence-corrected chi connectivity index (χ0v) is 26.3. The quantitative estimate of drug-likeness (QED) is 0.279. The number of rotatable bonds is 9. The number of nitrogens with zero attached hydrogens (tertiary/aromatic N) is 8. The van der Waals surface area contributed by atoms with Gasteiger partial charge in [-0.05, 0) is 25.0 Å². The molecule has 15 nitrogen and oxygen atoms in total. The van der Waals surface area contributed by atoms with Gasteiger partial charge in [0, 0.05) is 72.0 Å². The number of carbonyl (C=O) groups excluding carboxylic acids is 3. The number of carboxylic acids is 1. The first-order valence-corrected chi connectivity index (χ1v) is 14.9. The van der Waals surface area contributed by atoms with Crippen molar-refractivity contribution in [3.8, 4) is 17.0 Å². The molecule has 2 saturated heterocycles. The molecule has 0 atom stereocenters. The van der Waals surface area contributed by atoms with Crippen LogP contribution in [0.3, 0.4) is 0 Å². The first kappa shape index (κ1) is 31.9. The molecule has 2 aliphatic heterocycles. The Hall–Kier alpha value is -5.47. The van der Waals surface area contributed by atoms with Crippen LogP contribution in [0.5, 0.6) is 5.75 Å². The molecule has 6 rings (SSSR count). The van der Waals surface area contributed by atoms with E-state index < -0.39 is 5.97 Å². The Labute approximate surface area is 265 Å². The molecule has 15 heteroatoms. The minimum atomic E-state index is -1.13. The maximum atomic E-state index is 12.8. The van der Waals surface area contributed by atoms with Gasteiger partial charge in [-0.15, -0.1) is 0 Å². The molecule has 46 heavy (non-hydrogen) atoms. The van der Waals surface area contributed by atoms with Crippen LogP contribution in [0, 0.1) is 0 Å². The molecule has 0 unspecified atom stereocenters. The average molecular weight is 632 g/mol. The molecule has 0 bridgehead atoms. The molecule has 0 radical (unpaired) electrons. The fourth-order valence-electron chi connectivity index (χ4n) is 5.18. The number of aromatic carboxylic acids is 1. The van der Waals surface area contributed by atoms with Crippen LogP contribution in [0.15, 0.2) is 42.9 Å². The smallest absolute Gasteiger partial charge is 0.354 e. The van der Waals surface area contributed by atoms with Gasteiger partial charge in [-0.2, -0.15) is 10.2 Å². The van der Waals surface area contributed by atoms with Crippen molar-refractivity contribution in [3.63, 3.8) is 0 Å². The molecular formula is C31H37N9O6. The number of amides is 3. The minimum absolute atomic E-state index is 0.0492. The average Bonchev–Trinajstić information content (AvgIpc) is 3.67. The van der Waals surface area contributed by atoms with Gasteiger partial charge in [-0.1, -0.05) is 12.1 Å². The van der Waals surface area contributed by atoms with E-state index in [1.807, 2.05) is 42.1 Å². The van der Waals surface area contributed by atoms with Gasteiger partial charge in [0.05, 0.1) is 36.3 Å². The number of methoxy groups -OCH3 is 1. The maximum absolute atomic E-state index is 12.8. The van der Waals surface area contributed by atoms with Crippen molar-refractivity contribution in [2.24, 2.45) is 21.1 Å². The molecule has 0 aliphatic carbocycles. The van der Waals surface area contributed by atoms with Crippen LogP contribution < -0.4 is 10.1 Å². The van der Waals surface area contributed by atoms with Gasteiger partial charge in [-0.3, -0.25) is 23.7 Å². The lowest BCUT2D eigenvalue weighted by Crippen LogP contribution is -2.43. The number of aromatic nitrogens is 6.